The minimum Gasteiger partial charge on any atom is -0.463 e. The number of ether oxygens (including phenoxy) is 2. The van der Waals surface area contributed by atoms with E-state index in [2.05, 4.69) is 52.5 Å². The summed E-state index contributed by atoms with van der Waals surface area (Å²) in [7, 11) is 0. The molecule has 1 saturated carbocycles. The molecule has 174 valence electrons. The number of rotatable bonds is 6. The van der Waals surface area contributed by atoms with E-state index in [9.17, 15) is 0 Å². The maximum atomic E-state index is 6.11. The SMILES string of the molecule is C=CC.CCC1OC=C2CCCC23CCc2cccc(c23)O1.CCCCCC(C)CC. The fourth-order valence-corrected chi connectivity index (χ4v) is 5.08. The molecule has 2 nitrogen and oxygen atoms in total. The molecule has 4 rings (SSSR count). The van der Waals surface area contributed by atoms with Crippen molar-refractivity contribution in [1.29, 1.82) is 0 Å². The Bertz CT molecular complexity index is 705. The van der Waals surface area contributed by atoms with Crippen molar-refractivity contribution in [2.45, 2.75) is 117 Å². The minimum absolute atomic E-state index is 0.141. The highest BCUT2D eigenvalue weighted by Gasteiger charge is 2.47. The zero-order valence-corrected chi connectivity index (χ0v) is 20.8. The Hall–Kier alpha value is -1.70. The lowest BCUT2D eigenvalue weighted by atomic mass is 9.77. The van der Waals surface area contributed by atoms with Crippen LogP contribution in [0.1, 0.15) is 110 Å². The van der Waals surface area contributed by atoms with E-state index in [1.54, 1.807) is 6.08 Å². The van der Waals surface area contributed by atoms with Crippen LogP contribution in [0.3, 0.4) is 0 Å². The second kappa shape index (κ2) is 13.0. The quantitative estimate of drug-likeness (QED) is 0.334. The van der Waals surface area contributed by atoms with Crippen molar-refractivity contribution in [3.05, 3.63) is 53.8 Å². The van der Waals surface area contributed by atoms with Gasteiger partial charge in [-0.15, -0.1) is 6.58 Å². The molecule has 2 heteroatoms. The molecular formula is C29H46O2. The third-order valence-electron chi connectivity index (χ3n) is 7.03. The second-order valence-corrected chi connectivity index (χ2v) is 9.38. The first-order valence-electron chi connectivity index (χ1n) is 12.8. The van der Waals surface area contributed by atoms with Crippen LogP contribution in [0.5, 0.6) is 5.75 Å². The Morgan fingerprint density at radius 1 is 1.16 bits per heavy atom. The molecule has 0 amide bonds. The molecule has 0 radical (unpaired) electrons. The molecule has 0 N–H and O–H groups in total. The molecular weight excluding hydrogens is 380 g/mol. The Morgan fingerprint density at radius 2 is 1.94 bits per heavy atom. The largest absolute Gasteiger partial charge is 0.463 e. The molecule has 1 aromatic carbocycles. The van der Waals surface area contributed by atoms with Gasteiger partial charge in [0.15, 0.2) is 0 Å². The number of aryl methyl sites for hydroxylation is 1. The molecule has 1 aromatic rings. The van der Waals surface area contributed by atoms with Gasteiger partial charge in [-0.25, -0.2) is 0 Å². The summed E-state index contributed by atoms with van der Waals surface area (Å²) < 4.78 is 12.0. The van der Waals surface area contributed by atoms with E-state index in [4.69, 9.17) is 9.47 Å². The van der Waals surface area contributed by atoms with Crippen LogP contribution in [-0.2, 0) is 16.6 Å². The van der Waals surface area contributed by atoms with Crippen LogP contribution in [-0.4, -0.2) is 6.29 Å². The number of allylic oxidation sites excluding steroid dienone is 2. The van der Waals surface area contributed by atoms with E-state index < -0.39 is 0 Å². The van der Waals surface area contributed by atoms with Crippen LogP contribution in [0.25, 0.3) is 0 Å². The van der Waals surface area contributed by atoms with Crippen molar-refractivity contribution in [1.82, 2.24) is 0 Å². The number of hydrogen-bond acceptors (Lipinski definition) is 2. The van der Waals surface area contributed by atoms with Crippen LogP contribution < -0.4 is 4.74 Å². The number of unbranched alkanes of at least 4 members (excludes halogenated alkanes) is 2. The number of hydrogen-bond donors (Lipinski definition) is 0. The van der Waals surface area contributed by atoms with Crippen LogP contribution in [0.15, 0.2) is 42.7 Å². The van der Waals surface area contributed by atoms with Gasteiger partial charge in [0.05, 0.1) is 6.26 Å². The predicted octanol–water partition coefficient (Wildman–Crippen LogP) is 8.89. The van der Waals surface area contributed by atoms with Crippen molar-refractivity contribution in [2.75, 3.05) is 0 Å². The van der Waals surface area contributed by atoms with Gasteiger partial charge in [-0.1, -0.05) is 78.0 Å². The summed E-state index contributed by atoms with van der Waals surface area (Å²) in [5, 5.41) is 0. The molecule has 1 fully saturated rings. The molecule has 1 spiro atoms. The second-order valence-electron chi connectivity index (χ2n) is 9.38. The van der Waals surface area contributed by atoms with Gasteiger partial charge in [-0.3, -0.25) is 0 Å². The molecule has 31 heavy (non-hydrogen) atoms. The first-order valence-corrected chi connectivity index (χ1v) is 12.8. The molecule has 1 aliphatic heterocycles. The third kappa shape index (κ3) is 6.40. The van der Waals surface area contributed by atoms with Crippen molar-refractivity contribution >= 4 is 0 Å². The molecule has 3 unspecified atom stereocenters. The third-order valence-corrected chi connectivity index (χ3v) is 7.03. The summed E-state index contributed by atoms with van der Waals surface area (Å²) in [6, 6.07) is 6.52. The predicted molar refractivity (Wildman–Crippen MR) is 134 cm³/mol. The van der Waals surface area contributed by atoms with Crippen molar-refractivity contribution in [3.63, 3.8) is 0 Å². The van der Waals surface area contributed by atoms with Gasteiger partial charge in [0, 0.05) is 17.4 Å². The Morgan fingerprint density at radius 3 is 2.61 bits per heavy atom. The van der Waals surface area contributed by atoms with Crippen molar-refractivity contribution in [3.8, 4) is 5.75 Å². The zero-order chi connectivity index (χ0) is 22.7. The summed E-state index contributed by atoms with van der Waals surface area (Å²) >= 11 is 0. The lowest BCUT2D eigenvalue weighted by Gasteiger charge is -2.32. The van der Waals surface area contributed by atoms with E-state index in [1.165, 1.54) is 80.9 Å². The van der Waals surface area contributed by atoms with Crippen LogP contribution in [0.2, 0.25) is 0 Å². The molecule has 3 atom stereocenters. The normalized spacial score (nSPS) is 23.6. The average molecular weight is 427 g/mol. The van der Waals surface area contributed by atoms with E-state index >= 15 is 0 Å². The lowest BCUT2D eigenvalue weighted by Crippen LogP contribution is -2.27. The van der Waals surface area contributed by atoms with Crippen molar-refractivity contribution in [2.24, 2.45) is 5.92 Å². The first-order chi connectivity index (χ1) is 15.1. The van der Waals surface area contributed by atoms with Gasteiger partial charge in [-0.05, 0) is 62.1 Å². The summed E-state index contributed by atoms with van der Waals surface area (Å²) in [6.07, 6.45) is 17.6. The highest BCUT2D eigenvalue weighted by Crippen LogP contribution is 2.56. The Balaban J connectivity index is 0.000000242. The minimum atomic E-state index is -0.141. The molecule has 0 bridgehead atoms. The van der Waals surface area contributed by atoms with Gasteiger partial charge in [-0.2, -0.15) is 0 Å². The van der Waals surface area contributed by atoms with Gasteiger partial charge >= 0.3 is 0 Å². The zero-order valence-electron chi connectivity index (χ0n) is 20.8. The van der Waals surface area contributed by atoms with E-state index in [-0.39, 0.29) is 11.7 Å². The van der Waals surface area contributed by atoms with Gasteiger partial charge in [0.2, 0.25) is 6.29 Å². The Labute approximate surface area is 192 Å². The highest BCUT2D eigenvalue weighted by atomic mass is 16.7. The summed E-state index contributed by atoms with van der Waals surface area (Å²) in [4.78, 5) is 0. The molecule has 0 aromatic heterocycles. The standard InChI is InChI=1S/C17H20O2.C9H20.C3H6/c1-2-15-18-11-13-6-4-9-17(13)10-8-12-5-3-7-14(19-15)16(12)17;1-4-6-7-8-9(3)5-2;1-3-2/h3,5,7,11,15H,2,4,6,8-10H2,1H3;9H,4-8H2,1-3H3;3H,1H2,2H3. The summed E-state index contributed by atoms with van der Waals surface area (Å²) in [5.74, 6) is 2.02. The van der Waals surface area contributed by atoms with E-state index in [1.807, 2.05) is 13.2 Å². The van der Waals surface area contributed by atoms with Gasteiger partial charge < -0.3 is 9.47 Å². The van der Waals surface area contributed by atoms with E-state index in [0.717, 1.165) is 18.1 Å². The Kier molecular flexibility index (Phi) is 10.7. The lowest BCUT2D eigenvalue weighted by molar-refractivity contribution is -0.0362. The molecule has 0 saturated heterocycles. The summed E-state index contributed by atoms with van der Waals surface area (Å²) in [6.45, 7) is 14.2. The average Bonchev–Trinajstić information content (AvgIpc) is 3.35. The fraction of sp³-hybridized carbons (Fsp3) is 0.655. The number of benzene rings is 1. The topological polar surface area (TPSA) is 18.5 Å². The molecule has 3 aliphatic rings. The monoisotopic (exact) mass is 426 g/mol. The van der Waals surface area contributed by atoms with Crippen LogP contribution >= 0.6 is 0 Å². The maximum Gasteiger partial charge on any atom is 0.240 e. The fourth-order valence-electron chi connectivity index (χ4n) is 5.08. The van der Waals surface area contributed by atoms with Gasteiger partial charge in [0.25, 0.3) is 0 Å². The van der Waals surface area contributed by atoms with Crippen LogP contribution in [0.4, 0.5) is 0 Å². The molecule has 2 aliphatic carbocycles. The smallest absolute Gasteiger partial charge is 0.240 e. The van der Waals surface area contributed by atoms with Gasteiger partial charge in [0.1, 0.15) is 5.75 Å². The molecule has 1 heterocycles. The van der Waals surface area contributed by atoms with E-state index in [0.29, 0.717) is 0 Å². The highest BCUT2D eigenvalue weighted by molar-refractivity contribution is 5.55. The summed E-state index contributed by atoms with van der Waals surface area (Å²) in [5.41, 5.74) is 4.69. The maximum absolute atomic E-state index is 6.11. The van der Waals surface area contributed by atoms with Crippen molar-refractivity contribution < 1.29 is 9.47 Å². The first kappa shape index (κ1) is 25.6. The van der Waals surface area contributed by atoms with Crippen LogP contribution in [0, 0.1) is 5.92 Å².